The Kier molecular flexibility index (Phi) is 5.48. The number of benzene rings is 1. The van der Waals surface area contributed by atoms with Gasteiger partial charge in [-0.2, -0.15) is 0 Å². The third-order valence-electron chi connectivity index (χ3n) is 7.33. The van der Waals surface area contributed by atoms with Crippen molar-refractivity contribution >= 4 is 21.8 Å². The first-order valence-electron chi connectivity index (χ1n) is 11.4. The topological polar surface area (TPSA) is 125 Å². The normalized spacial score (nSPS) is 28.1. The number of carbonyl (C=O) groups is 2. The number of amides is 2. The van der Waals surface area contributed by atoms with Crippen molar-refractivity contribution in [3.8, 4) is 11.5 Å². The van der Waals surface area contributed by atoms with Gasteiger partial charge >= 0.3 is 0 Å². The summed E-state index contributed by atoms with van der Waals surface area (Å²) in [4.78, 5) is 28.6. The van der Waals surface area contributed by atoms with Crippen molar-refractivity contribution in [1.29, 1.82) is 0 Å². The second kappa shape index (κ2) is 7.59. The van der Waals surface area contributed by atoms with Gasteiger partial charge in [0, 0.05) is 22.2 Å². The molecule has 9 nitrogen and oxygen atoms in total. The van der Waals surface area contributed by atoms with Crippen LogP contribution in [0.5, 0.6) is 11.5 Å². The van der Waals surface area contributed by atoms with Crippen molar-refractivity contribution in [3.63, 3.8) is 0 Å². The number of fused-ring (bicyclic) bond motifs is 1. The maximum atomic E-state index is 13.6. The van der Waals surface area contributed by atoms with E-state index in [1.54, 1.807) is 17.0 Å². The number of hydrogen-bond acceptors (Lipinski definition) is 6. The van der Waals surface area contributed by atoms with E-state index in [9.17, 15) is 23.1 Å². The summed E-state index contributed by atoms with van der Waals surface area (Å²) in [7, 11) is -1.99. The molecule has 0 aromatic heterocycles. The quantitative estimate of drug-likeness (QED) is 0.499. The zero-order valence-electron chi connectivity index (χ0n) is 19.8. The maximum absolute atomic E-state index is 13.6. The molecule has 1 heterocycles. The number of phenolic OH excluding ortho intramolecular Hbond substituents is 1. The van der Waals surface area contributed by atoms with Gasteiger partial charge in [0.1, 0.15) is 6.04 Å². The molecule has 1 unspecified atom stereocenters. The minimum absolute atomic E-state index is 0.0562. The van der Waals surface area contributed by atoms with Crippen LogP contribution < -0.4 is 14.8 Å². The Hall–Kier alpha value is -2.33. The summed E-state index contributed by atoms with van der Waals surface area (Å²) in [5, 5.41) is 13.7. The number of rotatable bonds is 9. The summed E-state index contributed by atoms with van der Waals surface area (Å²) in [5.74, 6) is -0.802. The first-order valence-corrected chi connectivity index (χ1v) is 13.1. The molecule has 1 atom stereocenters. The van der Waals surface area contributed by atoms with Crippen LogP contribution in [0.4, 0.5) is 0 Å². The lowest BCUT2D eigenvalue weighted by Crippen LogP contribution is -2.84. The van der Waals surface area contributed by atoms with Crippen LogP contribution in [0.1, 0.15) is 81.8 Å². The van der Waals surface area contributed by atoms with E-state index in [1.165, 1.54) is 7.11 Å². The highest BCUT2D eigenvalue weighted by atomic mass is 32.2. The molecule has 2 amide bonds. The molecule has 1 aromatic carbocycles. The van der Waals surface area contributed by atoms with Gasteiger partial charge in [-0.25, -0.2) is 13.1 Å². The van der Waals surface area contributed by atoms with E-state index in [-0.39, 0.29) is 28.7 Å². The van der Waals surface area contributed by atoms with Crippen LogP contribution in [0.3, 0.4) is 0 Å². The number of nitrogens with zero attached hydrogens (tertiary/aromatic N) is 1. The molecule has 3 aliphatic carbocycles. The zero-order chi connectivity index (χ0) is 24.4. The monoisotopic (exact) mass is 479 g/mol. The molecular weight excluding hydrogens is 446 g/mol. The highest BCUT2D eigenvalue weighted by Gasteiger charge is 2.74. The second-order valence-electron chi connectivity index (χ2n) is 10.3. The first-order chi connectivity index (χ1) is 15.3. The lowest BCUT2D eigenvalue weighted by atomic mass is 9.43. The van der Waals surface area contributed by atoms with E-state index in [2.05, 4.69) is 10.0 Å². The molecule has 3 saturated carbocycles. The minimum atomic E-state index is -3.39. The van der Waals surface area contributed by atoms with Gasteiger partial charge in [-0.3, -0.25) is 9.59 Å². The maximum Gasteiger partial charge on any atom is 0.259 e. The second-order valence-corrected chi connectivity index (χ2v) is 12.2. The van der Waals surface area contributed by atoms with Crippen LogP contribution in [0, 0.1) is 0 Å². The fraction of sp³-hybridized carbons (Fsp3) is 0.652. The number of ether oxygens (including phenoxy) is 1. The molecule has 5 rings (SSSR count). The Morgan fingerprint density at radius 3 is 2.45 bits per heavy atom. The molecule has 182 valence electrons. The molecule has 33 heavy (non-hydrogen) atoms. The first kappa shape index (κ1) is 23.8. The number of methoxy groups -OCH3 is 1. The Morgan fingerprint density at radius 2 is 1.91 bits per heavy atom. The van der Waals surface area contributed by atoms with Crippen LogP contribution in [-0.4, -0.2) is 59.7 Å². The van der Waals surface area contributed by atoms with E-state index in [0.717, 1.165) is 0 Å². The third-order valence-corrected chi connectivity index (χ3v) is 9.02. The SMILES string of the molecule is CCCS(=O)(=O)NC12CC(N3C(=O)c4c(ccc(OC)c4O)C3C(=O)NC(C)(C)CC)(C1)C2. The van der Waals surface area contributed by atoms with Crippen LogP contribution in [-0.2, 0) is 14.8 Å². The van der Waals surface area contributed by atoms with Crippen molar-refractivity contribution in [2.24, 2.45) is 0 Å². The van der Waals surface area contributed by atoms with E-state index in [1.807, 2.05) is 27.7 Å². The molecule has 4 aliphatic rings. The summed E-state index contributed by atoms with van der Waals surface area (Å²) in [5.41, 5.74) is -1.14. The fourth-order valence-electron chi connectivity index (χ4n) is 5.57. The van der Waals surface area contributed by atoms with Crippen LogP contribution in [0.15, 0.2) is 12.1 Å². The fourth-order valence-corrected chi connectivity index (χ4v) is 7.08. The number of aromatic hydroxyl groups is 1. The van der Waals surface area contributed by atoms with Crippen LogP contribution in [0.2, 0.25) is 0 Å². The Balaban J connectivity index is 1.67. The van der Waals surface area contributed by atoms with Gasteiger partial charge in [0.2, 0.25) is 15.9 Å². The molecule has 1 aliphatic heterocycles. The smallest absolute Gasteiger partial charge is 0.259 e. The lowest BCUT2D eigenvalue weighted by Gasteiger charge is -2.73. The van der Waals surface area contributed by atoms with Crippen molar-refractivity contribution in [3.05, 3.63) is 23.3 Å². The van der Waals surface area contributed by atoms with Gasteiger partial charge < -0.3 is 20.1 Å². The molecule has 0 spiro atoms. The summed E-state index contributed by atoms with van der Waals surface area (Å²) in [6, 6.07) is 2.30. The number of hydrogen-bond donors (Lipinski definition) is 3. The lowest BCUT2D eigenvalue weighted by molar-refractivity contribution is -0.169. The van der Waals surface area contributed by atoms with Crippen LogP contribution in [0.25, 0.3) is 0 Å². The molecule has 3 fully saturated rings. The molecule has 10 heteroatoms. The van der Waals surface area contributed by atoms with Gasteiger partial charge in [0.05, 0.1) is 18.4 Å². The van der Waals surface area contributed by atoms with Gasteiger partial charge in [-0.05, 0) is 52.0 Å². The minimum Gasteiger partial charge on any atom is -0.504 e. The highest BCUT2D eigenvalue weighted by Crippen LogP contribution is 2.67. The van der Waals surface area contributed by atoms with E-state index in [4.69, 9.17) is 4.74 Å². The predicted octanol–water partition coefficient (Wildman–Crippen LogP) is 2.21. The largest absolute Gasteiger partial charge is 0.504 e. The Morgan fingerprint density at radius 1 is 1.27 bits per heavy atom. The van der Waals surface area contributed by atoms with E-state index in [0.29, 0.717) is 37.7 Å². The molecule has 1 aromatic rings. The standard InChI is InChI=1S/C23H33N3O6S/c1-6-10-33(30,31)25-22-11-23(12-22,13-22)26-17(19(28)24-21(3,4)7-2)14-8-9-15(32-5)18(27)16(14)20(26)29/h8-9,17,25,27H,6-7,10-13H2,1-5H3,(H,24,28). The van der Waals surface area contributed by atoms with Crippen molar-refractivity contribution in [1.82, 2.24) is 14.9 Å². The zero-order valence-corrected chi connectivity index (χ0v) is 20.6. The summed E-state index contributed by atoms with van der Waals surface area (Å²) in [6.07, 6.45) is 2.56. The number of sulfonamides is 1. The van der Waals surface area contributed by atoms with E-state index < -0.39 is 38.6 Å². The average Bonchev–Trinajstić information content (AvgIpc) is 2.96. The van der Waals surface area contributed by atoms with Crippen molar-refractivity contribution in [2.75, 3.05) is 12.9 Å². The Bertz CT molecular complexity index is 1090. The molecular formula is C23H33N3O6S. The summed E-state index contributed by atoms with van der Waals surface area (Å²) in [6.45, 7) is 7.61. The van der Waals surface area contributed by atoms with Gasteiger partial charge in [0.15, 0.2) is 11.5 Å². The predicted molar refractivity (Wildman–Crippen MR) is 123 cm³/mol. The highest BCUT2D eigenvalue weighted by molar-refractivity contribution is 7.89. The van der Waals surface area contributed by atoms with Crippen molar-refractivity contribution in [2.45, 2.75) is 82.5 Å². The number of phenols is 1. The molecule has 0 saturated heterocycles. The molecule has 2 bridgehead atoms. The molecule has 3 N–H and O–H groups in total. The van der Waals surface area contributed by atoms with Crippen LogP contribution >= 0.6 is 0 Å². The summed E-state index contributed by atoms with van der Waals surface area (Å²) >= 11 is 0. The third kappa shape index (κ3) is 3.67. The van der Waals surface area contributed by atoms with Crippen molar-refractivity contribution < 1.29 is 27.9 Å². The number of carbonyl (C=O) groups excluding carboxylic acids is 2. The summed E-state index contributed by atoms with van der Waals surface area (Å²) < 4.78 is 32.6. The average molecular weight is 480 g/mol. The van der Waals surface area contributed by atoms with Gasteiger partial charge in [-0.1, -0.05) is 19.9 Å². The van der Waals surface area contributed by atoms with Gasteiger partial charge in [0.25, 0.3) is 5.91 Å². The molecule has 0 radical (unpaired) electrons. The van der Waals surface area contributed by atoms with E-state index >= 15 is 0 Å². The van der Waals surface area contributed by atoms with Gasteiger partial charge in [-0.15, -0.1) is 0 Å². The number of nitrogens with one attached hydrogen (secondary N) is 2. The Labute approximate surface area is 194 Å².